The molecule has 1 aliphatic rings. The molecule has 0 amide bonds. The van der Waals surface area contributed by atoms with Crippen LogP contribution in [0.15, 0.2) is 77.7 Å². The summed E-state index contributed by atoms with van der Waals surface area (Å²) in [5.41, 5.74) is 2.85. The highest BCUT2D eigenvalue weighted by Gasteiger charge is 2.38. The molecule has 1 heterocycles. The van der Waals surface area contributed by atoms with Gasteiger partial charge in [0.2, 0.25) is 10.0 Å². The maximum Gasteiger partial charge on any atom is 0.247 e. The molecule has 3 atom stereocenters. The van der Waals surface area contributed by atoms with Crippen LogP contribution in [0, 0.1) is 17.8 Å². The second-order valence-corrected chi connectivity index (χ2v) is 13.3. The summed E-state index contributed by atoms with van der Waals surface area (Å²) in [5.74, 6) is 5.75. The normalized spacial score (nSPS) is 19.7. The zero-order chi connectivity index (χ0) is 29.8. The largest absolute Gasteiger partial charge is 0.487 e. The van der Waals surface area contributed by atoms with Crippen molar-refractivity contribution in [3.05, 3.63) is 83.9 Å². The highest BCUT2D eigenvalue weighted by atomic mass is 32.2. The molecule has 0 spiro atoms. The Hall–Kier alpha value is -3.19. The molecule has 4 rings (SSSR count). The number of rotatable bonds is 7. The Morgan fingerprint density at radius 2 is 1.73 bits per heavy atom. The number of aliphatic hydroxyl groups excluding tert-OH is 1. The van der Waals surface area contributed by atoms with Crippen LogP contribution in [0.5, 0.6) is 5.75 Å². The monoisotopic (exact) mass is 576 g/mol. The van der Waals surface area contributed by atoms with E-state index in [0.29, 0.717) is 18.7 Å². The lowest BCUT2D eigenvalue weighted by Gasteiger charge is -2.37. The molecule has 0 radical (unpaired) electrons. The number of sulfonamides is 1. The molecule has 1 aliphatic heterocycles. The van der Waals surface area contributed by atoms with Gasteiger partial charge in [-0.15, -0.1) is 0 Å². The van der Waals surface area contributed by atoms with E-state index in [1.165, 1.54) is 15.9 Å². The Labute approximate surface area is 244 Å². The molecule has 0 unspecified atom stereocenters. The maximum absolute atomic E-state index is 13.7. The fourth-order valence-corrected chi connectivity index (χ4v) is 6.69. The molecule has 3 aromatic carbocycles. The second kappa shape index (κ2) is 12.8. The Morgan fingerprint density at radius 3 is 2.37 bits per heavy atom. The summed E-state index contributed by atoms with van der Waals surface area (Å²) in [6, 6.07) is 22.9. The number of hydrogen-bond donors (Lipinski definition) is 2. The van der Waals surface area contributed by atoms with E-state index in [1.54, 1.807) is 32.9 Å². The number of benzene rings is 3. The van der Waals surface area contributed by atoms with Crippen molar-refractivity contribution >= 4 is 10.0 Å². The first-order valence-corrected chi connectivity index (χ1v) is 15.3. The predicted molar refractivity (Wildman–Crippen MR) is 162 cm³/mol. The summed E-state index contributed by atoms with van der Waals surface area (Å²) >= 11 is 0. The van der Waals surface area contributed by atoms with E-state index >= 15 is 0 Å². The first-order chi connectivity index (χ1) is 19.4. The number of ether oxygens (including phenoxy) is 1. The van der Waals surface area contributed by atoms with E-state index in [0.717, 1.165) is 11.1 Å². The third kappa shape index (κ3) is 7.76. The van der Waals surface area contributed by atoms with Gasteiger partial charge in [0.1, 0.15) is 22.4 Å². The molecule has 41 heavy (non-hydrogen) atoms. The SMILES string of the molecule is C[C@@H]1CN([C@H](C)CO)S(=O)(=O)c2ccc(C#CC(C)(C)O)cc2O[C@@H]1CN(C)Cc1ccc(-c2ccccc2)cc1. The van der Waals surface area contributed by atoms with E-state index in [9.17, 15) is 18.6 Å². The number of likely N-dealkylation sites (N-methyl/N-ethyl adjacent to an activating group) is 1. The molecule has 2 N–H and O–H groups in total. The molecular formula is C33H40N2O5S. The Morgan fingerprint density at radius 1 is 1.07 bits per heavy atom. The van der Waals surface area contributed by atoms with Crippen molar-refractivity contribution in [1.82, 2.24) is 9.21 Å². The van der Waals surface area contributed by atoms with E-state index in [-0.39, 0.29) is 35.8 Å². The third-order valence-electron chi connectivity index (χ3n) is 7.19. The average molecular weight is 577 g/mol. The lowest BCUT2D eigenvalue weighted by Crippen LogP contribution is -2.49. The van der Waals surface area contributed by atoms with Crippen molar-refractivity contribution in [3.8, 4) is 28.7 Å². The molecule has 7 nitrogen and oxygen atoms in total. The van der Waals surface area contributed by atoms with Gasteiger partial charge in [0.15, 0.2) is 0 Å². The molecule has 0 fully saturated rings. The van der Waals surface area contributed by atoms with Crippen LogP contribution in [0.2, 0.25) is 0 Å². The van der Waals surface area contributed by atoms with Crippen molar-refractivity contribution in [2.24, 2.45) is 5.92 Å². The third-order valence-corrected chi connectivity index (χ3v) is 9.20. The van der Waals surface area contributed by atoms with Gasteiger partial charge in [-0.2, -0.15) is 4.31 Å². The average Bonchev–Trinajstić information content (AvgIpc) is 2.93. The minimum absolute atomic E-state index is 0.0441. The molecule has 0 aliphatic carbocycles. The van der Waals surface area contributed by atoms with Gasteiger partial charge < -0.3 is 14.9 Å². The van der Waals surface area contributed by atoms with Crippen LogP contribution < -0.4 is 4.74 Å². The summed E-state index contributed by atoms with van der Waals surface area (Å²) in [7, 11) is -1.91. The van der Waals surface area contributed by atoms with Gasteiger partial charge in [-0.25, -0.2) is 8.42 Å². The van der Waals surface area contributed by atoms with Crippen molar-refractivity contribution in [2.45, 2.75) is 56.9 Å². The van der Waals surface area contributed by atoms with Crippen LogP contribution in [0.3, 0.4) is 0 Å². The zero-order valence-electron chi connectivity index (χ0n) is 24.4. The van der Waals surface area contributed by atoms with Gasteiger partial charge in [-0.3, -0.25) is 4.90 Å². The fourth-order valence-electron chi connectivity index (χ4n) is 4.86. The van der Waals surface area contributed by atoms with Crippen LogP contribution in [-0.4, -0.2) is 72.3 Å². The number of hydrogen-bond acceptors (Lipinski definition) is 6. The van der Waals surface area contributed by atoms with Crippen molar-refractivity contribution < 1.29 is 23.4 Å². The Bertz CT molecular complexity index is 1490. The zero-order valence-corrected chi connectivity index (χ0v) is 25.2. The summed E-state index contributed by atoms with van der Waals surface area (Å²) in [6.07, 6.45) is -0.330. The van der Waals surface area contributed by atoms with Crippen LogP contribution in [0.4, 0.5) is 0 Å². The number of aliphatic hydroxyl groups is 2. The Kier molecular flexibility index (Phi) is 9.58. The summed E-state index contributed by atoms with van der Waals surface area (Å²) in [4.78, 5) is 2.22. The molecule has 0 saturated carbocycles. The molecule has 3 aromatic rings. The lowest BCUT2D eigenvalue weighted by atomic mass is 10.0. The maximum atomic E-state index is 13.7. The van der Waals surface area contributed by atoms with Crippen molar-refractivity contribution in [2.75, 3.05) is 26.7 Å². The summed E-state index contributed by atoms with van der Waals surface area (Å²) in [5, 5.41) is 19.9. The smallest absolute Gasteiger partial charge is 0.247 e. The van der Waals surface area contributed by atoms with Gasteiger partial charge in [0.25, 0.3) is 0 Å². The van der Waals surface area contributed by atoms with Gasteiger partial charge in [-0.05, 0) is 62.7 Å². The van der Waals surface area contributed by atoms with Crippen LogP contribution in [0.1, 0.15) is 38.8 Å². The van der Waals surface area contributed by atoms with Gasteiger partial charge >= 0.3 is 0 Å². The van der Waals surface area contributed by atoms with Crippen molar-refractivity contribution in [1.29, 1.82) is 0 Å². The first-order valence-electron chi connectivity index (χ1n) is 13.9. The molecule has 0 saturated heterocycles. The molecular weight excluding hydrogens is 536 g/mol. The topological polar surface area (TPSA) is 90.3 Å². The predicted octanol–water partition coefficient (Wildman–Crippen LogP) is 4.38. The Balaban J connectivity index is 1.60. The quantitative estimate of drug-likeness (QED) is 0.406. The minimum atomic E-state index is -3.94. The molecule has 0 aromatic heterocycles. The van der Waals surface area contributed by atoms with Crippen LogP contribution >= 0.6 is 0 Å². The first kappa shape index (κ1) is 30.8. The van der Waals surface area contributed by atoms with E-state index in [2.05, 4.69) is 53.1 Å². The molecule has 218 valence electrons. The van der Waals surface area contributed by atoms with Crippen molar-refractivity contribution in [3.63, 3.8) is 0 Å². The van der Waals surface area contributed by atoms with E-state index in [4.69, 9.17) is 4.74 Å². The summed E-state index contributed by atoms with van der Waals surface area (Å²) in [6.45, 7) is 8.03. The van der Waals surface area contributed by atoms with Gasteiger partial charge in [-0.1, -0.05) is 73.4 Å². The van der Waals surface area contributed by atoms with E-state index in [1.807, 2.05) is 32.2 Å². The van der Waals surface area contributed by atoms with Gasteiger partial charge in [0.05, 0.1) is 6.61 Å². The lowest BCUT2D eigenvalue weighted by molar-refractivity contribution is 0.0733. The fraction of sp³-hybridized carbons (Fsp3) is 0.394. The standard InChI is InChI=1S/C33H40N2O5S/c1-24-20-35(25(2)23-36)41(38,39)32-16-13-26(17-18-33(3,4)37)19-30(32)40-31(24)22-34(5)21-27-11-14-29(15-12-27)28-9-7-6-8-10-28/h6-16,19,24-25,31,36-37H,20-23H2,1-5H3/t24-,25-,31-/m1/s1. The molecule has 0 bridgehead atoms. The summed E-state index contributed by atoms with van der Waals surface area (Å²) < 4.78 is 35.2. The minimum Gasteiger partial charge on any atom is -0.487 e. The van der Waals surface area contributed by atoms with E-state index < -0.39 is 21.7 Å². The second-order valence-electron chi connectivity index (χ2n) is 11.5. The molecule has 8 heteroatoms. The highest BCUT2D eigenvalue weighted by molar-refractivity contribution is 7.89. The van der Waals surface area contributed by atoms with Crippen LogP contribution in [-0.2, 0) is 16.6 Å². The highest BCUT2D eigenvalue weighted by Crippen LogP contribution is 2.34. The van der Waals surface area contributed by atoms with Crippen LogP contribution in [0.25, 0.3) is 11.1 Å². The number of fused-ring (bicyclic) bond motifs is 1. The van der Waals surface area contributed by atoms with Gasteiger partial charge in [0, 0.05) is 37.2 Å². The number of nitrogens with zero attached hydrogens (tertiary/aromatic N) is 2.